The molecule has 0 N–H and O–H groups in total. The van der Waals surface area contributed by atoms with Crippen LogP contribution in [-0.4, -0.2) is 35.0 Å². The van der Waals surface area contributed by atoms with Crippen LogP contribution in [0.25, 0.3) is 0 Å². The maximum absolute atomic E-state index is 12.3. The van der Waals surface area contributed by atoms with E-state index in [2.05, 4.69) is 13.8 Å². The van der Waals surface area contributed by atoms with Crippen LogP contribution in [0, 0.1) is 11.8 Å². The van der Waals surface area contributed by atoms with E-state index in [1.807, 2.05) is 0 Å². The summed E-state index contributed by atoms with van der Waals surface area (Å²) in [4.78, 5) is 26.2. The highest BCUT2D eigenvalue weighted by Crippen LogP contribution is 2.45. The van der Waals surface area contributed by atoms with Gasteiger partial charge in [0.25, 0.3) is 0 Å². The minimum absolute atomic E-state index is 0.0153. The van der Waals surface area contributed by atoms with Gasteiger partial charge in [0.05, 0.1) is 23.5 Å². The Labute approximate surface area is 120 Å². The second-order valence-corrected chi connectivity index (χ2v) is 6.49. The predicted octanol–water partition coefficient (Wildman–Crippen LogP) is 2.51. The first kappa shape index (κ1) is 14.1. The van der Waals surface area contributed by atoms with E-state index < -0.39 is 0 Å². The van der Waals surface area contributed by atoms with Crippen molar-refractivity contribution < 1.29 is 14.3 Å². The van der Waals surface area contributed by atoms with Crippen molar-refractivity contribution in [2.45, 2.75) is 70.5 Å². The number of carbonyl (C=O) groups is 2. The van der Waals surface area contributed by atoms with E-state index in [9.17, 15) is 9.59 Å². The van der Waals surface area contributed by atoms with Crippen molar-refractivity contribution in [3.8, 4) is 0 Å². The van der Waals surface area contributed by atoms with Crippen LogP contribution in [0.1, 0.15) is 58.8 Å². The van der Waals surface area contributed by atoms with E-state index in [1.165, 1.54) is 4.90 Å². The Hall–Kier alpha value is -0.900. The second kappa shape index (κ2) is 5.14. The molecule has 112 valence electrons. The maximum Gasteiger partial charge on any atom is 0.233 e. The average Bonchev–Trinajstić information content (AvgIpc) is 3.15. The molecule has 2 saturated heterocycles. The number of rotatable bonds is 5. The van der Waals surface area contributed by atoms with Gasteiger partial charge in [-0.05, 0) is 32.1 Å². The first-order chi connectivity index (χ1) is 9.63. The minimum Gasteiger partial charge on any atom is -0.366 e. The summed E-state index contributed by atoms with van der Waals surface area (Å²) in [6.07, 6.45) is 7.06. The molecular weight excluding hydrogens is 254 g/mol. The fraction of sp³-hybridized carbons (Fsp3) is 0.875. The summed E-state index contributed by atoms with van der Waals surface area (Å²) in [7, 11) is 0. The topological polar surface area (TPSA) is 49.9 Å². The van der Waals surface area contributed by atoms with Crippen LogP contribution < -0.4 is 0 Å². The number of epoxide rings is 1. The SMILES string of the molecule is CCC1(CC)OC1CCN1C(=O)C2CCCCC2C1=O. The van der Waals surface area contributed by atoms with Gasteiger partial charge < -0.3 is 4.74 Å². The quantitative estimate of drug-likeness (QED) is 0.574. The third-order valence-electron chi connectivity index (χ3n) is 5.65. The molecule has 3 atom stereocenters. The van der Waals surface area contributed by atoms with Crippen molar-refractivity contribution in [1.82, 2.24) is 4.90 Å². The summed E-state index contributed by atoms with van der Waals surface area (Å²) in [6.45, 7) is 4.84. The number of hydrogen-bond acceptors (Lipinski definition) is 3. The summed E-state index contributed by atoms with van der Waals surface area (Å²) < 4.78 is 5.80. The van der Waals surface area contributed by atoms with Gasteiger partial charge in [0.1, 0.15) is 0 Å². The highest BCUT2D eigenvalue weighted by atomic mass is 16.6. The highest BCUT2D eigenvalue weighted by molar-refractivity contribution is 6.05. The van der Waals surface area contributed by atoms with Gasteiger partial charge in [-0.1, -0.05) is 26.7 Å². The van der Waals surface area contributed by atoms with Crippen LogP contribution in [0.5, 0.6) is 0 Å². The Bertz CT molecular complexity index is 392. The Morgan fingerprint density at radius 3 is 2.10 bits per heavy atom. The molecule has 1 saturated carbocycles. The Balaban J connectivity index is 1.58. The molecule has 0 spiro atoms. The molecule has 4 nitrogen and oxygen atoms in total. The molecule has 0 aromatic heterocycles. The lowest BCUT2D eigenvalue weighted by atomic mass is 9.81. The number of nitrogens with zero attached hydrogens (tertiary/aromatic N) is 1. The van der Waals surface area contributed by atoms with Crippen LogP contribution in [0.2, 0.25) is 0 Å². The number of amides is 2. The number of imide groups is 1. The number of fused-ring (bicyclic) bond motifs is 1. The van der Waals surface area contributed by atoms with E-state index in [1.54, 1.807) is 0 Å². The molecule has 3 aliphatic rings. The molecule has 0 radical (unpaired) electrons. The van der Waals surface area contributed by atoms with Crippen molar-refractivity contribution in [2.24, 2.45) is 11.8 Å². The van der Waals surface area contributed by atoms with Crippen molar-refractivity contribution in [1.29, 1.82) is 0 Å². The summed E-state index contributed by atoms with van der Waals surface area (Å²) in [5, 5.41) is 0. The van der Waals surface area contributed by atoms with Crippen LogP contribution in [0.3, 0.4) is 0 Å². The van der Waals surface area contributed by atoms with Crippen molar-refractivity contribution in [3.63, 3.8) is 0 Å². The lowest BCUT2D eigenvalue weighted by molar-refractivity contribution is -0.140. The third kappa shape index (κ3) is 2.09. The average molecular weight is 279 g/mol. The van der Waals surface area contributed by atoms with Crippen molar-refractivity contribution >= 4 is 11.8 Å². The summed E-state index contributed by atoms with van der Waals surface area (Å²) in [5.74, 6) is 0.134. The van der Waals surface area contributed by atoms with Gasteiger partial charge in [-0.15, -0.1) is 0 Å². The van der Waals surface area contributed by atoms with Gasteiger partial charge >= 0.3 is 0 Å². The molecular formula is C16H25NO3. The zero-order chi connectivity index (χ0) is 14.3. The zero-order valence-corrected chi connectivity index (χ0v) is 12.6. The number of ether oxygens (including phenoxy) is 1. The van der Waals surface area contributed by atoms with E-state index in [-0.39, 0.29) is 35.4 Å². The minimum atomic E-state index is -0.0153. The van der Waals surface area contributed by atoms with Gasteiger partial charge in [0.2, 0.25) is 11.8 Å². The molecule has 3 rings (SSSR count). The van der Waals surface area contributed by atoms with E-state index in [0.717, 1.165) is 44.9 Å². The Morgan fingerprint density at radius 1 is 1.10 bits per heavy atom. The molecule has 2 heterocycles. The lowest BCUT2D eigenvalue weighted by Gasteiger charge is -2.19. The molecule has 2 amide bonds. The molecule has 4 heteroatoms. The summed E-state index contributed by atoms with van der Waals surface area (Å²) in [5.41, 5.74) is 0.0264. The van der Waals surface area contributed by atoms with Crippen LogP contribution in [-0.2, 0) is 14.3 Å². The van der Waals surface area contributed by atoms with Crippen molar-refractivity contribution in [2.75, 3.05) is 6.54 Å². The van der Waals surface area contributed by atoms with Crippen LogP contribution in [0.15, 0.2) is 0 Å². The standard InChI is InChI=1S/C16H25NO3/c1-3-16(4-2)13(20-16)9-10-17-14(18)11-7-5-6-8-12(11)15(17)19/h11-13H,3-10H2,1-2H3. The van der Waals surface area contributed by atoms with Gasteiger partial charge in [-0.25, -0.2) is 0 Å². The monoisotopic (exact) mass is 279 g/mol. The summed E-state index contributed by atoms with van der Waals surface area (Å²) in [6, 6.07) is 0. The van der Waals surface area contributed by atoms with Crippen LogP contribution >= 0.6 is 0 Å². The number of hydrogen-bond donors (Lipinski definition) is 0. The van der Waals surface area contributed by atoms with Gasteiger partial charge in [0.15, 0.2) is 0 Å². The smallest absolute Gasteiger partial charge is 0.233 e. The molecule has 20 heavy (non-hydrogen) atoms. The third-order valence-corrected chi connectivity index (χ3v) is 5.65. The molecule has 0 aromatic rings. The highest BCUT2D eigenvalue weighted by Gasteiger charge is 2.54. The van der Waals surface area contributed by atoms with E-state index in [4.69, 9.17) is 4.74 Å². The lowest BCUT2D eigenvalue weighted by Crippen LogP contribution is -2.33. The maximum atomic E-state index is 12.3. The Morgan fingerprint density at radius 2 is 1.65 bits per heavy atom. The molecule has 0 aromatic carbocycles. The molecule has 0 bridgehead atoms. The van der Waals surface area contributed by atoms with Crippen molar-refractivity contribution in [3.05, 3.63) is 0 Å². The predicted molar refractivity (Wildman–Crippen MR) is 75.0 cm³/mol. The van der Waals surface area contributed by atoms with Gasteiger partial charge in [0, 0.05) is 6.54 Å². The van der Waals surface area contributed by atoms with Gasteiger partial charge in [-0.2, -0.15) is 0 Å². The first-order valence-corrected chi connectivity index (χ1v) is 8.16. The number of likely N-dealkylation sites (tertiary alicyclic amines) is 1. The first-order valence-electron chi connectivity index (χ1n) is 8.16. The molecule has 2 aliphatic heterocycles. The van der Waals surface area contributed by atoms with Gasteiger partial charge in [-0.3, -0.25) is 14.5 Å². The van der Waals surface area contributed by atoms with Crippen LogP contribution in [0.4, 0.5) is 0 Å². The number of carbonyl (C=O) groups excluding carboxylic acids is 2. The van der Waals surface area contributed by atoms with E-state index in [0.29, 0.717) is 6.54 Å². The largest absolute Gasteiger partial charge is 0.366 e. The Kier molecular flexibility index (Phi) is 3.61. The fourth-order valence-corrected chi connectivity index (χ4v) is 4.14. The normalized spacial score (nSPS) is 35.3. The fourth-order valence-electron chi connectivity index (χ4n) is 4.14. The molecule has 1 aliphatic carbocycles. The van der Waals surface area contributed by atoms with E-state index >= 15 is 0 Å². The molecule has 3 fully saturated rings. The second-order valence-electron chi connectivity index (χ2n) is 6.49. The zero-order valence-electron chi connectivity index (χ0n) is 12.6. The summed E-state index contributed by atoms with van der Waals surface area (Å²) >= 11 is 0. The molecule has 3 unspecified atom stereocenters.